The fourth-order valence-corrected chi connectivity index (χ4v) is 3.62. The standard InChI is InChI=1S/C16H9Cl3N2O2S/c17-9-6-11(19)12(7-10(9)18)24-15-14(22)13(20-21-16(15)23)8-4-2-1-3-5-8/h1-7H,(H2,21,22,23). The number of H-pyrrole nitrogens is 1. The van der Waals surface area contributed by atoms with Gasteiger partial charge in [0.1, 0.15) is 10.6 Å². The van der Waals surface area contributed by atoms with Crippen molar-refractivity contribution >= 4 is 46.6 Å². The van der Waals surface area contributed by atoms with Gasteiger partial charge in [-0.2, -0.15) is 5.10 Å². The molecule has 4 nitrogen and oxygen atoms in total. The van der Waals surface area contributed by atoms with Gasteiger partial charge in [-0.15, -0.1) is 0 Å². The minimum absolute atomic E-state index is 0.0733. The number of benzene rings is 2. The van der Waals surface area contributed by atoms with Gasteiger partial charge < -0.3 is 5.11 Å². The van der Waals surface area contributed by atoms with E-state index in [1.54, 1.807) is 18.2 Å². The predicted octanol–water partition coefficient (Wildman–Crippen LogP) is 5.25. The third-order valence-electron chi connectivity index (χ3n) is 3.15. The molecule has 8 heteroatoms. The molecule has 0 radical (unpaired) electrons. The van der Waals surface area contributed by atoms with Crippen LogP contribution in [0.2, 0.25) is 15.1 Å². The second-order valence-corrected chi connectivity index (χ2v) is 7.02. The molecule has 0 atom stereocenters. The van der Waals surface area contributed by atoms with Crippen molar-refractivity contribution in [3.8, 4) is 17.0 Å². The first-order valence-corrected chi connectivity index (χ1v) is 8.62. The molecule has 3 aromatic rings. The summed E-state index contributed by atoms with van der Waals surface area (Å²) in [4.78, 5) is 12.7. The van der Waals surface area contributed by atoms with Crippen LogP contribution in [0.5, 0.6) is 5.75 Å². The quantitative estimate of drug-likeness (QED) is 0.590. The first-order valence-electron chi connectivity index (χ1n) is 6.67. The van der Waals surface area contributed by atoms with Crippen molar-refractivity contribution < 1.29 is 5.11 Å². The Morgan fingerprint density at radius 1 is 1.00 bits per heavy atom. The van der Waals surface area contributed by atoms with Crippen LogP contribution in [0.15, 0.2) is 57.1 Å². The summed E-state index contributed by atoms with van der Waals surface area (Å²) >= 11 is 19.0. The van der Waals surface area contributed by atoms with Gasteiger partial charge in [-0.25, -0.2) is 5.10 Å². The van der Waals surface area contributed by atoms with E-state index in [-0.39, 0.29) is 16.3 Å². The number of nitrogens with zero attached hydrogens (tertiary/aromatic N) is 1. The van der Waals surface area contributed by atoms with Crippen LogP contribution in [0.1, 0.15) is 0 Å². The number of aromatic nitrogens is 2. The van der Waals surface area contributed by atoms with E-state index in [0.29, 0.717) is 25.5 Å². The molecular formula is C16H9Cl3N2O2S. The average molecular weight is 400 g/mol. The first-order chi connectivity index (χ1) is 11.5. The lowest BCUT2D eigenvalue weighted by molar-refractivity contribution is 0.457. The monoisotopic (exact) mass is 398 g/mol. The summed E-state index contributed by atoms with van der Waals surface area (Å²) in [7, 11) is 0. The van der Waals surface area contributed by atoms with Gasteiger partial charge in [-0.1, -0.05) is 76.9 Å². The second kappa shape index (κ2) is 7.07. The molecule has 1 heterocycles. The van der Waals surface area contributed by atoms with Crippen molar-refractivity contribution in [2.75, 3.05) is 0 Å². The van der Waals surface area contributed by atoms with Crippen molar-refractivity contribution in [2.45, 2.75) is 9.79 Å². The number of halogens is 3. The first kappa shape index (κ1) is 17.2. The topological polar surface area (TPSA) is 66.0 Å². The van der Waals surface area contributed by atoms with Gasteiger partial charge >= 0.3 is 0 Å². The molecule has 0 aliphatic carbocycles. The van der Waals surface area contributed by atoms with E-state index < -0.39 is 5.56 Å². The number of rotatable bonds is 3. The third-order valence-corrected chi connectivity index (χ3v) is 5.44. The van der Waals surface area contributed by atoms with E-state index in [1.807, 2.05) is 18.2 Å². The fraction of sp³-hybridized carbons (Fsp3) is 0. The van der Waals surface area contributed by atoms with Gasteiger partial charge in [0.15, 0.2) is 5.75 Å². The Balaban J connectivity index is 2.09. The minimum atomic E-state index is -0.528. The Morgan fingerprint density at radius 2 is 1.67 bits per heavy atom. The zero-order valence-electron chi connectivity index (χ0n) is 11.9. The molecule has 0 fully saturated rings. The molecule has 3 rings (SSSR count). The maximum atomic E-state index is 12.1. The molecule has 0 unspecified atom stereocenters. The molecule has 0 aliphatic heterocycles. The zero-order valence-corrected chi connectivity index (χ0v) is 15.0. The van der Waals surface area contributed by atoms with Crippen LogP contribution in [-0.2, 0) is 0 Å². The van der Waals surface area contributed by atoms with E-state index in [0.717, 1.165) is 11.8 Å². The molecular weight excluding hydrogens is 391 g/mol. The maximum absolute atomic E-state index is 12.1. The van der Waals surface area contributed by atoms with Gasteiger partial charge in [0.25, 0.3) is 5.56 Å². The molecule has 0 spiro atoms. The van der Waals surface area contributed by atoms with Gasteiger partial charge in [0.05, 0.1) is 15.1 Å². The molecule has 1 aromatic heterocycles. The number of aromatic hydroxyl groups is 1. The highest BCUT2D eigenvalue weighted by Crippen LogP contribution is 2.41. The number of aromatic amines is 1. The van der Waals surface area contributed by atoms with Crippen molar-refractivity contribution in [1.29, 1.82) is 0 Å². The number of nitrogens with one attached hydrogen (secondary N) is 1. The van der Waals surface area contributed by atoms with Crippen LogP contribution < -0.4 is 5.56 Å². The maximum Gasteiger partial charge on any atom is 0.282 e. The number of hydrogen-bond donors (Lipinski definition) is 2. The molecule has 122 valence electrons. The summed E-state index contributed by atoms with van der Waals surface area (Å²) < 4.78 is 0. The molecule has 0 saturated heterocycles. The minimum Gasteiger partial charge on any atom is -0.504 e. The van der Waals surface area contributed by atoms with E-state index in [1.165, 1.54) is 6.07 Å². The van der Waals surface area contributed by atoms with E-state index in [9.17, 15) is 9.90 Å². The number of hydrogen-bond acceptors (Lipinski definition) is 4. The van der Waals surface area contributed by atoms with Gasteiger partial charge in [0.2, 0.25) is 0 Å². The van der Waals surface area contributed by atoms with E-state index in [4.69, 9.17) is 34.8 Å². The molecule has 24 heavy (non-hydrogen) atoms. The predicted molar refractivity (Wildman–Crippen MR) is 97.6 cm³/mol. The molecule has 0 saturated carbocycles. The molecule has 0 bridgehead atoms. The molecule has 0 amide bonds. The lowest BCUT2D eigenvalue weighted by atomic mass is 10.1. The van der Waals surface area contributed by atoms with Crippen LogP contribution in [-0.4, -0.2) is 15.3 Å². The summed E-state index contributed by atoms with van der Waals surface area (Å²) in [6, 6.07) is 12.0. The van der Waals surface area contributed by atoms with Crippen molar-refractivity contribution in [1.82, 2.24) is 10.2 Å². The lowest BCUT2D eigenvalue weighted by Crippen LogP contribution is -2.11. The zero-order chi connectivity index (χ0) is 17.3. The van der Waals surface area contributed by atoms with Crippen LogP contribution in [0.3, 0.4) is 0 Å². The van der Waals surface area contributed by atoms with Crippen LogP contribution in [0, 0.1) is 0 Å². The second-order valence-electron chi connectivity index (χ2n) is 4.74. The fourth-order valence-electron chi connectivity index (χ4n) is 2.01. The lowest BCUT2D eigenvalue weighted by Gasteiger charge is -2.09. The van der Waals surface area contributed by atoms with Crippen LogP contribution in [0.25, 0.3) is 11.3 Å². The normalized spacial score (nSPS) is 10.8. The Bertz CT molecular complexity index is 962. The van der Waals surface area contributed by atoms with E-state index >= 15 is 0 Å². The third kappa shape index (κ3) is 3.39. The summed E-state index contributed by atoms with van der Waals surface area (Å²) in [5, 5.41) is 17.7. The summed E-state index contributed by atoms with van der Waals surface area (Å²) in [5.74, 6) is -0.225. The average Bonchev–Trinajstić information content (AvgIpc) is 2.57. The van der Waals surface area contributed by atoms with Gasteiger partial charge in [0, 0.05) is 10.5 Å². The Hall–Kier alpha value is -1.66. The van der Waals surface area contributed by atoms with Crippen molar-refractivity contribution in [3.63, 3.8) is 0 Å². The Labute approximate surface area is 156 Å². The van der Waals surface area contributed by atoms with Crippen LogP contribution >= 0.6 is 46.6 Å². The highest BCUT2D eigenvalue weighted by atomic mass is 35.5. The Kier molecular flexibility index (Phi) is 5.06. The van der Waals surface area contributed by atoms with E-state index in [2.05, 4.69) is 10.2 Å². The SMILES string of the molecule is O=c1[nH]nc(-c2ccccc2)c(O)c1Sc1cc(Cl)c(Cl)cc1Cl. The van der Waals surface area contributed by atoms with Crippen molar-refractivity contribution in [3.05, 3.63) is 67.9 Å². The van der Waals surface area contributed by atoms with Crippen molar-refractivity contribution in [2.24, 2.45) is 0 Å². The highest BCUT2D eigenvalue weighted by molar-refractivity contribution is 7.99. The van der Waals surface area contributed by atoms with Crippen LogP contribution in [0.4, 0.5) is 0 Å². The summed E-state index contributed by atoms with van der Waals surface area (Å²) in [5.41, 5.74) is 0.418. The molecule has 2 N–H and O–H groups in total. The Morgan fingerprint density at radius 3 is 2.38 bits per heavy atom. The van der Waals surface area contributed by atoms with Gasteiger partial charge in [-0.3, -0.25) is 4.79 Å². The molecule has 2 aromatic carbocycles. The van der Waals surface area contributed by atoms with Gasteiger partial charge in [-0.05, 0) is 12.1 Å². The largest absolute Gasteiger partial charge is 0.504 e. The highest BCUT2D eigenvalue weighted by Gasteiger charge is 2.18. The summed E-state index contributed by atoms with van der Waals surface area (Å²) in [6.07, 6.45) is 0. The smallest absolute Gasteiger partial charge is 0.282 e. The molecule has 0 aliphatic rings. The summed E-state index contributed by atoms with van der Waals surface area (Å²) in [6.45, 7) is 0.